The van der Waals surface area contributed by atoms with Crippen LogP contribution in [0.1, 0.15) is 0 Å². The van der Waals surface area contributed by atoms with E-state index in [1.165, 1.54) is 0 Å². The van der Waals surface area contributed by atoms with E-state index in [1.807, 2.05) is 0 Å². The maximum Gasteiger partial charge on any atom is 0.183 e. The molecule has 5 nitrogen and oxygen atoms in total. The summed E-state index contributed by atoms with van der Waals surface area (Å²) in [6.07, 6.45) is -6.26. The van der Waals surface area contributed by atoms with E-state index in [-0.39, 0.29) is 5.75 Å². The van der Waals surface area contributed by atoms with Gasteiger partial charge in [0.1, 0.15) is 18.3 Å². The van der Waals surface area contributed by atoms with Gasteiger partial charge in [0.25, 0.3) is 0 Å². The molecule has 1 aliphatic heterocycles. The second-order valence-corrected chi connectivity index (χ2v) is 3.08. The molecule has 1 saturated heterocycles. The quantitative estimate of drug-likeness (QED) is 0.305. The van der Waals surface area contributed by atoms with Gasteiger partial charge < -0.3 is 25.2 Å². The molecular weight excluding hydrogens is 184 g/mol. The molecule has 1 aliphatic rings. The van der Waals surface area contributed by atoms with Crippen LogP contribution >= 0.6 is 12.6 Å². The summed E-state index contributed by atoms with van der Waals surface area (Å²) in [5.41, 5.74) is 0. The smallest absolute Gasteiger partial charge is 0.183 e. The van der Waals surface area contributed by atoms with Crippen molar-refractivity contribution >= 4 is 12.6 Å². The van der Waals surface area contributed by atoms with Crippen LogP contribution in [0.3, 0.4) is 0 Å². The molecule has 0 amide bonds. The Morgan fingerprint density at radius 1 is 1.00 bits per heavy atom. The van der Waals surface area contributed by atoms with Crippen LogP contribution in [-0.4, -0.2) is 56.9 Å². The van der Waals surface area contributed by atoms with Crippen molar-refractivity contribution in [2.45, 2.75) is 30.7 Å². The summed E-state index contributed by atoms with van der Waals surface area (Å²) in [4.78, 5) is 0. The Bertz CT molecular complexity index is 150. The molecule has 3 unspecified atom stereocenters. The van der Waals surface area contributed by atoms with Crippen LogP contribution in [0.2, 0.25) is 0 Å². The molecule has 12 heavy (non-hydrogen) atoms. The van der Waals surface area contributed by atoms with Crippen molar-refractivity contribution in [2.24, 2.45) is 0 Å². The molecule has 1 heterocycles. The molecule has 1 fully saturated rings. The van der Waals surface area contributed by atoms with Crippen molar-refractivity contribution in [1.82, 2.24) is 0 Å². The summed E-state index contributed by atoms with van der Waals surface area (Å²) < 4.78 is 4.75. The number of aliphatic hydroxyl groups is 4. The molecule has 0 spiro atoms. The molecule has 0 aromatic carbocycles. The third kappa shape index (κ3) is 1.73. The van der Waals surface area contributed by atoms with Gasteiger partial charge in [-0.25, -0.2) is 0 Å². The van der Waals surface area contributed by atoms with Crippen LogP contribution in [0.4, 0.5) is 0 Å². The van der Waals surface area contributed by atoms with Crippen LogP contribution in [0.15, 0.2) is 0 Å². The number of ether oxygens (including phenoxy) is 1. The highest BCUT2D eigenvalue weighted by molar-refractivity contribution is 7.80. The number of hydrogen-bond donors (Lipinski definition) is 5. The Kier molecular flexibility index (Phi) is 3.33. The van der Waals surface area contributed by atoms with E-state index in [4.69, 9.17) is 20.1 Å². The minimum absolute atomic E-state index is 0.169. The molecule has 1 rings (SSSR count). The molecule has 0 bridgehead atoms. The molecule has 6 heteroatoms. The van der Waals surface area contributed by atoms with E-state index >= 15 is 0 Å². The van der Waals surface area contributed by atoms with Crippen LogP contribution in [-0.2, 0) is 4.74 Å². The van der Waals surface area contributed by atoms with E-state index in [0.717, 1.165) is 0 Å². The van der Waals surface area contributed by atoms with Gasteiger partial charge in [-0.2, -0.15) is 12.6 Å². The van der Waals surface area contributed by atoms with Gasteiger partial charge in [0.15, 0.2) is 6.29 Å². The lowest BCUT2D eigenvalue weighted by molar-refractivity contribution is -0.276. The van der Waals surface area contributed by atoms with Gasteiger partial charge in [0.2, 0.25) is 0 Å². The number of thiol groups is 1. The summed E-state index contributed by atoms with van der Waals surface area (Å²) in [5, 5.41) is 36.4. The minimum atomic E-state index is -1.46. The zero-order valence-corrected chi connectivity index (χ0v) is 7.13. The molecule has 72 valence electrons. The average Bonchev–Trinajstić information content (AvgIpc) is 2.08. The van der Waals surface area contributed by atoms with Crippen LogP contribution in [0.25, 0.3) is 0 Å². The van der Waals surface area contributed by atoms with Crippen LogP contribution < -0.4 is 0 Å². The summed E-state index contributed by atoms with van der Waals surface area (Å²) >= 11 is 3.84. The fourth-order valence-electron chi connectivity index (χ4n) is 1.08. The molecular formula is C6H12O5S. The molecule has 0 saturated carbocycles. The summed E-state index contributed by atoms with van der Waals surface area (Å²) in [7, 11) is 0. The molecule has 0 aromatic heterocycles. The summed E-state index contributed by atoms with van der Waals surface area (Å²) in [6, 6.07) is 0. The fourth-order valence-corrected chi connectivity index (χ4v) is 1.38. The van der Waals surface area contributed by atoms with Crippen LogP contribution in [0.5, 0.6) is 0 Å². The van der Waals surface area contributed by atoms with Gasteiger partial charge in [0, 0.05) is 5.75 Å². The maximum absolute atomic E-state index is 9.23. The molecule has 5 atom stereocenters. The van der Waals surface area contributed by atoms with E-state index in [0.29, 0.717) is 0 Å². The Hall–Kier alpha value is 0.150. The first kappa shape index (κ1) is 10.2. The SMILES string of the molecule is OC1OC(CS)[C@@H](O)C(O)[C@H]1O. The normalized spacial score (nSPS) is 49.2. The Labute approximate surface area is 75.0 Å². The van der Waals surface area contributed by atoms with Crippen LogP contribution in [0, 0.1) is 0 Å². The second-order valence-electron chi connectivity index (χ2n) is 2.72. The monoisotopic (exact) mass is 196 g/mol. The third-order valence-electron chi connectivity index (χ3n) is 1.87. The van der Waals surface area contributed by atoms with Crippen molar-refractivity contribution in [1.29, 1.82) is 0 Å². The minimum Gasteiger partial charge on any atom is -0.388 e. The average molecular weight is 196 g/mol. The fraction of sp³-hybridized carbons (Fsp3) is 1.00. The molecule has 0 radical (unpaired) electrons. The topological polar surface area (TPSA) is 90.2 Å². The van der Waals surface area contributed by atoms with Crippen molar-refractivity contribution in [3.8, 4) is 0 Å². The van der Waals surface area contributed by atoms with Crippen molar-refractivity contribution < 1.29 is 25.2 Å². The van der Waals surface area contributed by atoms with Gasteiger partial charge in [-0.3, -0.25) is 0 Å². The first-order valence-electron chi connectivity index (χ1n) is 3.56. The Balaban J connectivity index is 2.63. The highest BCUT2D eigenvalue weighted by atomic mass is 32.1. The summed E-state index contributed by atoms with van der Waals surface area (Å²) in [6.45, 7) is 0. The first-order chi connectivity index (χ1) is 5.57. The number of aliphatic hydroxyl groups excluding tert-OH is 4. The van der Waals surface area contributed by atoms with E-state index in [9.17, 15) is 5.11 Å². The standard InChI is InChI=1S/C6H12O5S/c7-3-2(1-12)11-6(10)5(9)4(3)8/h2-10,12H,1H2/t2?,3-,4?,5-,6?/m1/s1. The zero-order valence-electron chi connectivity index (χ0n) is 6.24. The van der Waals surface area contributed by atoms with Gasteiger partial charge in [-0.05, 0) is 0 Å². The highest BCUT2D eigenvalue weighted by Gasteiger charge is 2.42. The predicted octanol–water partition coefficient (Wildman–Crippen LogP) is -2.28. The zero-order chi connectivity index (χ0) is 9.30. The second kappa shape index (κ2) is 3.91. The highest BCUT2D eigenvalue weighted by Crippen LogP contribution is 2.20. The van der Waals surface area contributed by atoms with Crippen molar-refractivity contribution in [3.63, 3.8) is 0 Å². The number of hydrogen-bond acceptors (Lipinski definition) is 6. The Morgan fingerprint density at radius 2 is 1.58 bits per heavy atom. The summed E-state index contributed by atoms with van der Waals surface area (Å²) in [5.74, 6) is 0.169. The van der Waals surface area contributed by atoms with E-state index in [1.54, 1.807) is 0 Å². The predicted molar refractivity (Wildman–Crippen MR) is 42.8 cm³/mol. The lowest BCUT2D eigenvalue weighted by Gasteiger charge is -2.37. The van der Waals surface area contributed by atoms with Gasteiger partial charge in [-0.15, -0.1) is 0 Å². The largest absolute Gasteiger partial charge is 0.388 e. The third-order valence-corrected chi connectivity index (χ3v) is 2.23. The van der Waals surface area contributed by atoms with Crippen molar-refractivity contribution in [2.75, 3.05) is 5.75 Å². The number of rotatable bonds is 1. The lowest BCUT2D eigenvalue weighted by atomic mass is 10.0. The van der Waals surface area contributed by atoms with E-state index < -0.39 is 30.7 Å². The lowest BCUT2D eigenvalue weighted by Crippen LogP contribution is -2.57. The Morgan fingerprint density at radius 3 is 2.08 bits per heavy atom. The van der Waals surface area contributed by atoms with Crippen molar-refractivity contribution in [3.05, 3.63) is 0 Å². The molecule has 0 aliphatic carbocycles. The molecule has 0 aromatic rings. The van der Waals surface area contributed by atoms with E-state index in [2.05, 4.69) is 12.6 Å². The first-order valence-corrected chi connectivity index (χ1v) is 4.19. The van der Waals surface area contributed by atoms with Gasteiger partial charge in [0.05, 0.1) is 6.10 Å². The molecule has 4 N–H and O–H groups in total. The van der Waals surface area contributed by atoms with Gasteiger partial charge in [-0.1, -0.05) is 0 Å². The van der Waals surface area contributed by atoms with Gasteiger partial charge >= 0.3 is 0 Å². The maximum atomic E-state index is 9.23.